The molecule has 0 aliphatic heterocycles. The van der Waals surface area contributed by atoms with Gasteiger partial charge in [0.25, 0.3) is 0 Å². The van der Waals surface area contributed by atoms with Crippen LogP contribution in [0.3, 0.4) is 0 Å². The maximum atomic E-state index is 11.6. The normalized spacial score (nSPS) is 9.81. The number of rotatable bonds is 2. The number of aromatic nitrogens is 1. The summed E-state index contributed by atoms with van der Waals surface area (Å²) in [4.78, 5) is 15.6. The Morgan fingerprint density at radius 3 is 2.50 bits per heavy atom. The van der Waals surface area contributed by atoms with E-state index in [2.05, 4.69) is 27.6 Å². The summed E-state index contributed by atoms with van der Waals surface area (Å²) in [7, 11) is 0. The number of ether oxygens (including phenoxy) is 1. The van der Waals surface area contributed by atoms with Crippen LogP contribution in [0.5, 0.6) is 5.88 Å². The molecule has 1 aromatic heterocycles. The molecule has 0 atom stereocenters. The second-order valence-electron chi connectivity index (χ2n) is 3.07. The lowest BCUT2D eigenvalue weighted by atomic mass is 10.2. The highest BCUT2D eigenvalue weighted by Gasteiger charge is 2.07. The fraction of sp³-hybridized carbons (Fsp3) is 0. The lowest BCUT2D eigenvalue weighted by molar-refractivity contribution is 0.0727. The number of benzene rings is 1. The van der Waals surface area contributed by atoms with Crippen molar-refractivity contribution in [2.24, 2.45) is 0 Å². The van der Waals surface area contributed by atoms with Crippen LogP contribution in [-0.2, 0) is 0 Å². The maximum Gasteiger partial charge on any atom is 0.344 e. The Bertz CT molecular complexity index is 482. The summed E-state index contributed by atoms with van der Waals surface area (Å²) >= 11 is 2.14. The predicted molar refractivity (Wildman–Crippen MR) is 68.4 cm³/mol. The number of esters is 1. The van der Waals surface area contributed by atoms with Gasteiger partial charge in [0, 0.05) is 15.8 Å². The fourth-order valence-corrected chi connectivity index (χ4v) is 1.47. The minimum Gasteiger partial charge on any atom is -0.404 e. The van der Waals surface area contributed by atoms with Crippen molar-refractivity contribution in [3.8, 4) is 5.88 Å². The first-order chi connectivity index (χ1) is 7.75. The van der Waals surface area contributed by atoms with Gasteiger partial charge in [-0.25, -0.2) is 9.78 Å². The second kappa shape index (κ2) is 5.07. The average Bonchev–Trinajstić information content (AvgIpc) is 2.33. The van der Waals surface area contributed by atoms with Crippen molar-refractivity contribution in [3.05, 3.63) is 57.8 Å². The number of halogens is 1. The molecule has 0 unspecified atom stereocenters. The van der Waals surface area contributed by atoms with Crippen molar-refractivity contribution in [1.29, 1.82) is 0 Å². The first-order valence-corrected chi connectivity index (χ1v) is 5.72. The van der Waals surface area contributed by atoms with Gasteiger partial charge in [-0.2, -0.15) is 0 Å². The van der Waals surface area contributed by atoms with Gasteiger partial charge in [0.05, 0.1) is 5.56 Å². The smallest absolute Gasteiger partial charge is 0.344 e. The standard InChI is InChI=1S/C12H8INO2/c13-10-6-7-11(14-8-10)16-12(15)9-4-2-1-3-5-9/h1-8H. The van der Waals surface area contributed by atoms with Gasteiger partial charge in [-0.1, -0.05) is 18.2 Å². The highest BCUT2D eigenvalue weighted by molar-refractivity contribution is 14.1. The third-order valence-corrected chi connectivity index (χ3v) is 2.55. The molecule has 0 fully saturated rings. The van der Waals surface area contributed by atoms with Crippen LogP contribution in [0.4, 0.5) is 0 Å². The summed E-state index contributed by atoms with van der Waals surface area (Å²) in [5.74, 6) is -0.0800. The minimum atomic E-state index is -0.394. The van der Waals surface area contributed by atoms with Crippen LogP contribution in [0.15, 0.2) is 48.7 Å². The zero-order valence-electron chi connectivity index (χ0n) is 8.26. The molecule has 0 N–H and O–H groups in total. The SMILES string of the molecule is O=C(Oc1ccc(I)cn1)c1ccccc1. The molecule has 80 valence electrons. The minimum absolute atomic E-state index is 0.314. The Hall–Kier alpha value is -1.43. The molecule has 0 bridgehead atoms. The molecule has 0 saturated carbocycles. The predicted octanol–water partition coefficient (Wildman–Crippen LogP) is 2.91. The van der Waals surface area contributed by atoms with Gasteiger partial charge < -0.3 is 4.74 Å². The van der Waals surface area contributed by atoms with Crippen LogP contribution < -0.4 is 4.74 Å². The van der Waals surface area contributed by atoms with Crippen molar-refractivity contribution in [3.63, 3.8) is 0 Å². The monoisotopic (exact) mass is 325 g/mol. The Labute approximate surface area is 107 Å². The molecule has 0 radical (unpaired) electrons. The van der Waals surface area contributed by atoms with Gasteiger partial charge in [-0.3, -0.25) is 0 Å². The van der Waals surface area contributed by atoms with Crippen LogP contribution in [0.25, 0.3) is 0 Å². The summed E-state index contributed by atoms with van der Waals surface area (Å²) in [6, 6.07) is 12.3. The van der Waals surface area contributed by atoms with Gasteiger partial charge in [0.2, 0.25) is 5.88 Å². The van der Waals surface area contributed by atoms with Gasteiger partial charge in [-0.05, 0) is 40.8 Å². The van der Waals surface area contributed by atoms with E-state index in [9.17, 15) is 4.79 Å². The third kappa shape index (κ3) is 2.79. The van der Waals surface area contributed by atoms with Crippen molar-refractivity contribution >= 4 is 28.6 Å². The van der Waals surface area contributed by atoms with E-state index in [-0.39, 0.29) is 0 Å². The number of carbonyl (C=O) groups is 1. The lowest BCUT2D eigenvalue weighted by Crippen LogP contribution is -2.08. The van der Waals surface area contributed by atoms with Crippen molar-refractivity contribution in [1.82, 2.24) is 4.98 Å². The zero-order chi connectivity index (χ0) is 11.4. The summed E-state index contributed by atoms with van der Waals surface area (Å²) in [6.07, 6.45) is 1.65. The number of carbonyl (C=O) groups excluding carboxylic acids is 1. The van der Waals surface area contributed by atoms with E-state index in [4.69, 9.17) is 4.74 Å². The molecule has 1 heterocycles. The molecule has 2 rings (SSSR count). The molecule has 0 aliphatic rings. The molecule has 2 aromatic rings. The fourth-order valence-electron chi connectivity index (χ4n) is 1.15. The van der Waals surface area contributed by atoms with Crippen LogP contribution in [-0.4, -0.2) is 11.0 Å². The van der Waals surface area contributed by atoms with Crippen molar-refractivity contribution in [2.45, 2.75) is 0 Å². The number of pyridine rings is 1. The summed E-state index contributed by atoms with van der Waals surface area (Å²) in [5, 5.41) is 0. The highest BCUT2D eigenvalue weighted by atomic mass is 127. The molecule has 16 heavy (non-hydrogen) atoms. The first-order valence-electron chi connectivity index (χ1n) is 4.64. The summed E-state index contributed by atoms with van der Waals surface area (Å²) < 4.78 is 6.10. The molecule has 0 saturated heterocycles. The number of hydrogen-bond acceptors (Lipinski definition) is 3. The van der Waals surface area contributed by atoms with E-state index < -0.39 is 5.97 Å². The van der Waals surface area contributed by atoms with Crippen LogP contribution >= 0.6 is 22.6 Å². The molecular weight excluding hydrogens is 317 g/mol. The third-order valence-electron chi connectivity index (χ3n) is 1.91. The molecule has 4 heteroatoms. The Morgan fingerprint density at radius 1 is 1.12 bits per heavy atom. The Morgan fingerprint density at radius 2 is 1.88 bits per heavy atom. The summed E-state index contributed by atoms with van der Waals surface area (Å²) in [5.41, 5.74) is 0.517. The number of nitrogens with zero attached hydrogens (tertiary/aromatic N) is 1. The van der Waals surface area contributed by atoms with Gasteiger partial charge in [0.15, 0.2) is 0 Å². The van der Waals surface area contributed by atoms with E-state index in [1.54, 1.807) is 36.5 Å². The van der Waals surface area contributed by atoms with Crippen LogP contribution in [0, 0.1) is 3.57 Å². The van der Waals surface area contributed by atoms with Crippen molar-refractivity contribution < 1.29 is 9.53 Å². The first kappa shape index (κ1) is 11.1. The van der Waals surface area contributed by atoms with E-state index >= 15 is 0 Å². The van der Waals surface area contributed by atoms with E-state index in [1.165, 1.54) is 0 Å². The molecule has 0 amide bonds. The zero-order valence-corrected chi connectivity index (χ0v) is 10.4. The largest absolute Gasteiger partial charge is 0.404 e. The van der Waals surface area contributed by atoms with Crippen molar-refractivity contribution in [2.75, 3.05) is 0 Å². The lowest BCUT2D eigenvalue weighted by Gasteiger charge is -2.02. The highest BCUT2D eigenvalue weighted by Crippen LogP contribution is 2.11. The Kier molecular flexibility index (Phi) is 3.51. The molecule has 1 aromatic carbocycles. The number of hydrogen-bond donors (Lipinski definition) is 0. The molecule has 0 spiro atoms. The topological polar surface area (TPSA) is 39.2 Å². The van der Waals surface area contributed by atoms with Gasteiger partial charge in [-0.15, -0.1) is 0 Å². The van der Waals surface area contributed by atoms with Crippen LogP contribution in [0.2, 0.25) is 0 Å². The van der Waals surface area contributed by atoms with E-state index in [0.29, 0.717) is 11.4 Å². The second-order valence-corrected chi connectivity index (χ2v) is 4.32. The molecule has 0 aliphatic carbocycles. The molecular formula is C12H8INO2. The van der Waals surface area contributed by atoms with E-state index in [0.717, 1.165) is 3.57 Å². The summed E-state index contributed by atoms with van der Waals surface area (Å²) in [6.45, 7) is 0. The van der Waals surface area contributed by atoms with Crippen LogP contribution in [0.1, 0.15) is 10.4 Å². The van der Waals surface area contributed by atoms with E-state index in [1.807, 2.05) is 12.1 Å². The maximum absolute atomic E-state index is 11.6. The average molecular weight is 325 g/mol. The van der Waals surface area contributed by atoms with Gasteiger partial charge in [0.1, 0.15) is 0 Å². The molecule has 3 nitrogen and oxygen atoms in total. The quantitative estimate of drug-likeness (QED) is 0.630. The Balaban J connectivity index is 2.11. The van der Waals surface area contributed by atoms with Gasteiger partial charge >= 0.3 is 5.97 Å².